The fourth-order valence-electron chi connectivity index (χ4n) is 1.83. The first-order valence-corrected chi connectivity index (χ1v) is 6.91. The summed E-state index contributed by atoms with van der Waals surface area (Å²) in [6, 6.07) is 4.80. The van der Waals surface area contributed by atoms with Crippen molar-refractivity contribution in [2.24, 2.45) is 0 Å². The van der Waals surface area contributed by atoms with Gasteiger partial charge in [-0.2, -0.15) is 0 Å². The van der Waals surface area contributed by atoms with Crippen LogP contribution in [0, 0.1) is 0 Å². The molecule has 0 saturated heterocycles. The molecular weight excluding hydrogens is 274 g/mol. The van der Waals surface area contributed by atoms with Gasteiger partial charge in [-0.1, -0.05) is 13.0 Å². The highest BCUT2D eigenvalue weighted by molar-refractivity contribution is 5.76. The Balaban J connectivity index is 2.81. The average Bonchev–Trinajstić information content (AvgIpc) is 2.51. The van der Waals surface area contributed by atoms with Gasteiger partial charge in [0.2, 0.25) is 5.75 Å². The van der Waals surface area contributed by atoms with Crippen LogP contribution in [0.5, 0.6) is 17.2 Å². The number of methoxy groups -OCH3 is 2. The van der Waals surface area contributed by atoms with Crippen LogP contribution >= 0.6 is 0 Å². The van der Waals surface area contributed by atoms with Gasteiger partial charge >= 0.3 is 5.97 Å². The Bertz CT molecular complexity index is 427. The van der Waals surface area contributed by atoms with Crippen molar-refractivity contribution in [1.29, 1.82) is 0 Å². The number of rotatable bonds is 9. The van der Waals surface area contributed by atoms with E-state index < -0.39 is 6.04 Å². The summed E-state index contributed by atoms with van der Waals surface area (Å²) >= 11 is 0. The largest absolute Gasteiger partial charge is 0.493 e. The molecule has 1 aromatic carbocycles. The lowest BCUT2D eigenvalue weighted by atomic mass is 10.2. The molecule has 1 aromatic rings. The molecule has 0 spiro atoms. The molecule has 1 rings (SSSR count). The topological polar surface area (TPSA) is 66.0 Å². The smallest absolute Gasteiger partial charge is 0.326 e. The lowest BCUT2D eigenvalue weighted by Gasteiger charge is -2.19. The molecule has 0 amide bonds. The molecule has 1 atom stereocenters. The number of carbonyl (C=O) groups excluding carboxylic acids is 1. The minimum Gasteiger partial charge on any atom is -0.493 e. The van der Waals surface area contributed by atoms with E-state index in [1.807, 2.05) is 6.92 Å². The van der Waals surface area contributed by atoms with E-state index in [4.69, 9.17) is 18.9 Å². The van der Waals surface area contributed by atoms with Gasteiger partial charge in [-0.15, -0.1) is 0 Å². The fourth-order valence-corrected chi connectivity index (χ4v) is 1.83. The lowest BCUT2D eigenvalue weighted by molar-refractivity contribution is -0.146. The normalized spacial score (nSPS) is 11.6. The van der Waals surface area contributed by atoms with E-state index in [0.717, 1.165) is 0 Å². The third kappa shape index (κ3) is 4.82. The molecule has 6 heteroatoms. The SMILES string of the molecule is CCNC(COc1c(OC)cccc1OC)C(=O)OCC. The molecule has 0 aliphatic rings. The third-order valence-corrected chi connectivity index (χ3v) is 2.80. The van der Waals surface area contributed by atoms with Crippen LogP contribution in [-0.4, -0.2) is 46.0 Å². The molecule has 0 aliphatic heterocycles. The van der Waals surface area contributed by atoms with Crippen molar-refractivity contribution in [3.63, 3.8) is 0 Å². The number of para-hydroxylation sites is 1. The van der Waals surface area contributed by atoms with E-state index in [0.29, 0.717) is 30.4 Å². The first kappa shape index (κ1) is 17.1. The van der Waals surface area contributed by atoms with Crippen LogP contribution < -0.4 is 19.5 Å². The highest BCUT2D eigenvalue weighted by atomic mass is 16.5. The molecule has 118 valence electrons. The molecule has 1 N–H and O–H groups in total. The first-order chi connectivity index (χ1) is 10.2. The van der Waals surface area contributed by atoms with E-state index in [1.54, 1.807) is 39.3 Å². The Morgan fingerprint density at radius 3 is 2.29 bits per heavy atom. The predicted molar refractivity (Wildman–Crippen MR) is 79.1 cm³/mol. The van der Waals surface area contributed by atoms with Crippen LogP contribution in [0.2, 0.25) is 0 Å². The highest BCUT2D eigenvalue weighted by Gasteiger charge is 2.21. The van der Waals surface area contributed by atoms with E-state index in [9.17, 15) is 4.79 Å². The van der Waals surface area contributed by atoms with Crippen LogP contribution in [0.1, 0.15) is 13.8 Å². The zero-order valence-electron chi connectivity index (χ0n) is 13.0. The average molecular weight is 297 g/mol. The van der Waals surface area contributed by atoms with Crippen molar-refractivity contribution >= 4 is 5.97 Å². The van der Waals surface area contributed by atoms with Gasteiger partial charge in [-0.25, -0.2) is 0 Å². The Hall–Kier alpha value is -1.95. The van der Waals surface area contributed by atoms with Gasteiger partial charge in [0.15, 0.2) is 11.5 Å². The maximum atomic E-state index is 11.8. The van der Waals surface area contributed by atoms with Gasteiger partial charge < -0.3 is 24.3 Å². The maximum absolute atomic E-state index is 11.8. The van der Waals surface area contributed by atoms with Crippen LogP contribution in [0.15, 0.2) is 18.2 Å². The zero-order valence-corrected chi connectivity index (χ0v) is 13.0. The van der Waals surface area contributed by atoms with Crippen molar-refractivity contribution in [1.82, 2.24) is 5.32 Å². The van der Waals surface area contributed by atoms with E-state index in [-0.39, 0.29) is 12.6 Å². The molecule has 0 bridgehead atoms. The number of hydrogen-bond acceptors (Lipinski definition) is 6. The predicted octanol–water partition coefficient (Wildman–Crippen LogP) is 1.62. The number of benzene rings is 1. The zero-order chi connectivity index (χ0) is 15.7. The summed E-state index contributed by atoms with van der Waals surface area (Å²) in [5, 5.41) is 3.03. The minimum absolute atomic E-state index is 0.128. The summed E-state index contributed by atoms with van der Waals surface area (Å²) in [5.74, 6) is 1.23. The summed E-state index contributed by atoms with van der Waals surface area (Å²) in [5.41, 5.74) is 0. The molecule has 0 aliphatic carbocycles. The number of ether oxygens (including phenoxy) is 4. The number of hydrogen-bond donors (Lipinski definition) is 1. The molecule has 0 heterocycles. The van der Waals surface area contributed by atoms with Crippen LogP contribution in [0.3, 0.4) is 0 Å². The molecule has 0 fully saturated rings. The van der Waals surface area contributed by atoms with Gasteiger partial charge in [0.05, 0.1) is 20.8 Å². The molecule has 6 nitrogen and oxygen atoms in total. The van der Waals surface area contributed by atoms with Crippen LogP contribution in [0.25, 0.3) is 0 Å². The Kier molecular flexibility index (Phi) is 7.39. The molecule has 0 radical (unpaired) electrons. The number of esters is 1. The molecule has 0 saturated carbocycles. The summed E-state index contributed by atoms with van der Waals surface area (Å²) < 4.78 is 21.2. The van der Waals surface area contributed by atoms with Crippen molar-refractivity contribution in [3.05, 3.63) is 18.2 Å². The van der Waals surface area contributed by atoms with E-state index in [2.05, 4.69) is 5.32 Å². The number of nitrogens with one attached hydrogen (secondary N) is 1. The highest BCUT2D eigenvalue weighted by Crippen LogP contribution is 2.36. The molecular formula is C15H23NO5. The quantitative estimate of drug-likeness (QED) is 0.699. The second-order valence-electron chi connectivity index (χ2n) is 4.16. The Morgan fingerprint density at radius 2 is 1.81 bits per heavy atom. The van der Waals surface area contributed by atoms with Crippen LogP contribution in [0.4, 0.5) is 0 Å². The number of likely N-dealkylation sites (N-methyl/N-ethyl adjacent to an activating group) is 1. The van der Waals surface area contributed by atoms with Crippen molar-refractivity contribution in [2.45, 2.75) is 19.9 Å². The van der Waals surface area contributed by atoms with Crippen molar-refractivity contribution in [2.75, 3.05) is 34.0 Å². The van der Waals surface area contributed by atoms with Gasteiger partial charge in [0, 0.05) is 0 Å². The first-order valence-electron chi connectivity index (χ1n) is 6.91. The Morgan fingerprint density at radius 1 is 1.19 bits per heavy atom. The molecule has 0 aromatic heterocycles. The van der Waals surface area contributed by atoms with Gasteiger partial charge in [-0.05, 0) is 25.6 Å². The Labute approximate surface area is 125 Å². The van der Waals surface area contributed by atoms with Gasteiger partial charge in [0.25, 0.3) is 0 Å². The van der Waals surface area contributed by atoms with Gasteiger partial charge in [0.1, 0.15) is 12.6 Å². The summed E-state index contributed by atoms with van der Waals surface area (Å²) in [7, 11) is 3.10. The van der Waals surface area contributed by atoms with Crippen molar-refractivity contribution < 1.29 is 23.7 Å². The third-order valence-electron chi connectivity index (χ3n) is 2.80. The standard InChI is InChI=1S/C15H23NO5/c1-5-16-11(15(17)20-6-2)10-21-14-12(18-3)8-7-9-13(14)19-4/h7-9,11,16H,5-6,10H2,1-4H3. The second kappa shape index (κ2) is 9.07. The van der Waals surface area contributed by atoms with Crippen molar-refractivity contribution in [3.8, 4) is 17.2 Å². The summed E-state index contributed by atoms with van der Waals surface area (Å²) in [4.78, 5) is 11.8. The molecule has 1 unspecified atom stereocenters. The number of carbonyl (C=O) groups is 1. The lowest BCUT2D eigenvalue weighted by Crippen LogP contribution is -2.42. The second-order valence-corrected chi connectivity index (χ2v) is 4.16. The van der Waals surface area contributed by atoms with E-state index >= 15 is 0 Å². The molecule has 21 heavy (non-hydrogen) atoms. The maximum Gasteiger partial charge on any atom is 0.326 e. The van der Waals surface area contributed by atoms with E-state index in [1.165, 1.54) is 0 Å². The monoisotopic (exact) mass is 297 g/mol. The fraction of sp³-hybridized carbons (Fsp3) is 0.533. The van der Waals surface area contributed by atoms with Crippen LogP contribution in [-0.2, 0) is 9.53 Å². The summed E-state index contributed by atoms with van der Waals surface area (Å²) in [6.07, 6.45) is 0. The minimum atomic E-state index is -0.537. The van der Waals surface area contributed by atoms with Gasteiger partial charge in [-0.3, -0.25) is 4.79 Å². The summed E-state index contributed by atoms with van der Waals surface area (Å²) in [6.45, 7) is 4.78.